The summed E-state index contributed by atoms with van der Waals surface area (Å²) in [6, 6.07) is 0. The summed E-state index contributed by atoms with van der Waals surface area (Å²) >= 11 is 5.86. The lowest BCUT2D eigenvalue weighted by molar-refractivity contribution is -0.165. The van der Waals surface area contributed by atoms with Gasteiger partial charge in [0, 0.05) is 25.1 Å². The smallest absolute Gasteiger partial charge is 0.351 e. The van der Waals surface area contributed by atoms with Crippen molar-refractivity contribution in [2.24, 2.45) is 0 Å². The van der Waals surface area contributed by atoms with E-state index in [1.807, 2.05) is 0 Å². The molecule has 0 saturated carbocycles. The summed E-state index contributed by atoms with van der Waals surface area (Å²) < 4.78 is 17.2. The first kappa shape index (κ1) is 18.9. The number of rotatable bonds is 4. The first-order valence-corrected chi connectivity index (χ1v) is 7.73. The first-order valence-electron chi connectivity index (χ1n) is 7.35. The third kappa shape index (κ3) is 3.99. The molecule has 2 rings (SSSR count). The first-order chi connectivity index (χ1) is 11.6. The fourth-order valence-electron chi connectivity index (χ4n) is 2.57. The Bertz CT molecular complexity index is 777. The predicted octanol–water partition coefficient (Wildman–Crippen LogP) is 0.816. The lowest BCUT2D eigenvalue weighted by Crippen LogP contribution is -2.40. The van der Waals surface area contributed by atoms with E-state index in [1.54, 1.807) is 6.92 Å². The summed E-state index contributed by atoms with van der Waals surface area (Å²) in [7, 11) is 0. The van der Waals surface area contributed by atoms with Crippen LogP contribution in [0.15, 0.2) is 17.6 Å². The molecule has 1 fully saturated rings. The van der Waals surface area contributed by atoms with Crippen molar-refractivity contribution < 1.29 is 23.8 Å². The van der Waals surface area contributed by atoms with Crippen LogP contribution in [0.2, 0.25) is 0 Å². The Hall–Kier alpha value is -2.39. The van der Waals surface area contributed by atoms with Gasteiger partial charge in [-0.1, -0.05) is 18.2 Å². The Kier molecular flexibility index (Phi) is 5.48. The van der Waals surface area contributed by atoms with Gasteiger partial charge in [-0.3, -0.25) is 14.2 Å². The maximum absolute atomic E-state index is 12.2. The summed E-state index contributed by atoms with van der Waals surface area (Å²) in [4.78, 5) is 38.7. The van der Waals surface area contributed by atoms with Crippen LogP contribution in [-0.4, -0.2) is 39.8 Å². The second-order valence-corrected chi connectivity index (χ2v) is 5.97. The van der Waals surface area contributed by atoms with Crippen LogP contribution in [0.5, 0.6) is 0 Å². The number of aromatic nitrogens is 2. The molecule has 2 heterocycles. The lowest BCUT2D eigenvalue weighted by Gasteiger charge is -2.24. The SMILES string of the molecule is C=C(Cl)c1cn([C@@H]2O[C@H](C)[C@@H](OC(C)=O)[C@H]2OC(C)=O)c(=O)nc1N. The van der Waals surface area contributed by atoms with Gasteiger partial charge in [-0.05, 0) is 6.92 Å². The molecule has 2 N–H and O–H groups in total. The minimum atomic E-state index is -1.07. The highest BCUT2D eigenvalue weighted by molar-refractivity contribution is 6.48. The standard InChI is InChI=1S/C15H18ClN3O6/c1-6(16)10-5-19(15(22)18-13(10)17)14-12(25-9(4)21)11(7(2)23-14)24-8(3)20/h5,7,11-12,14H,1H2,2-4H3,(H2,17,18,22)/t7-,11-,12-,14-/m1/s1. The van der Waals surface area contributed by atoms with E-state index >= 15 is 0 Å². The second kappa shape index (κ2) is 7.24. The third-order valence-corrected chi connectivity index (χ3v) is 3.78. The summed E-state index contributed by atoms with van der Waals surface area (Å²) in [6.45, 7) is 7.60. The Balaban J connectivity index is 2.50. The largest absolute Gasteiger partial charge is 0.456 e. The minimum absolute atomic E-state index is 0.0744. The number of nitrogens with zero attached hydrogens (tertiary/aromatic N) is 2. The average Bonchev–Trinajstić information content (AvgIpc) is 2.74. The molecule has 25 heavy (non-hydrogen) atoms. The van der Waals surface area contributed by atoms with E-state index < -0.39 is 42.2 Å². The molecular formula is C15H18ClN3O6. The van der Waals surface area contributed by atoms with Gasteiger partial charge in [-0.2, -0.15) is 4.98 Å². The molecule has 0 bridgehead atoms. The molecule has 0 aliphatic carbocycles. The quantitative estimate of drug-likeness (QED) is 0.771. The molecule has 1 aliphatic heterocycles. The van der Waals surface area contributed by atoms with E-state index in [9.17, 15) is 14.4 Å². The van der Waals surface area contributed by atoms with Crippen LogP contribution in [0.4, 0.5) is 5.82 Å². The number of nitrogens with two attached hydrogens (primary N) is 1. The number of nitrogen functional groups attached to an aromatic ring is 1. The van der Waals surface area contributed by atoms with Crippen molar-refractivity contribution in [3.63, 3.8) is 0 Å². The van der Waals surface area contributed by atoms with Crippen LogP contribution in [-0.2, 0) is 23.8 Å². The lowest BCUT2D eigenvalue weighted by atomic mass is 10.1. The van der Waals surface area contributed by atoms with Gasteiger partial charge in [0.05, 0.1) is 11.7 Å². The highest BCUT2D eigenvalue weighted by Crippen LogP contribution is 2.34. The summed E-state index contributed by atoms with van der Waals surface area (Å²) in [6.07, 6.45) is -2.33. The van der Waals surface area contributed by atoms with Gasteiger partial charge in [0.1, 0.15) is 5.82 Å². The van der Waals surface area contributed by atoms with E-state index in [-0.39, 0.29) is 16.4 Å². The zero-order valence-corrected chi connectivity index (χ0v) is 14.6. The normalized spacial score (nSPS) is 25.4. The number of carbonyl (C=O) groups is 2. The van der Waals surface area contributed by atoms with E-state index in [0.29, 0.717) is 0 Å². The van der Waals surface area contributed by atoms with Crippen LogP contribution in [0, 0.1) is 0 Å². The van der Waals surface area contributed by atoms with Crippen molar-refractivity contribution in [2.45, 2.75) is 45.3 Å². The van der Waals surface area contributed by atoms with Crippen LogP contribution in [0.25, 0.3) is 5.03 Å². The molecule has 0 aromatic carbocycles. The highest BCUT2D eigenvalue weighted by atomic mass is 35.5. The molecule has 136 valence electrons. The van der Waals surface area contributed by atoms with Gasteiger partial charge in [0.25, 0.3) is 0 Å². The molecule has 1 aromatic heterocycles. The number of hydrogen-bond donors (Lipinski definition) is 1. The predicted molar refractivity (Wildman–Crippen MR) is 88.5 cm³/mol. The van der Waals surface area contributed by atoms with Crippen molar-refractivity contribution in [1.82, 2.24) is 9.55 Å². The zero-order chi connectivity index (χ0) is 18.9. The van der Waals surface area contributed by atoms with Gasteiger partial charge in [0.15, 0.2) is 18.4 Å². The highest BCUT2D eigenvalue weighted by Gasteiger charge is 2.48. The van der Waals surface area contributed by atoms with Gasteiger partial charge >= 0.3 is 17.6 Å². The molecular weight excluding hydrogens is 354 g/mol. The van der Waals surface area contributed by atoms with Crippen molar-refractivity contribution in [3.05, 3.63) is 28.8 Å². The average molecular weight is 372 g/mol. The topological polar surface area (TPSA) is 123 Å². The van der Waals surface area contributed by atoms with Crippen LogP contribution >= 0.6 is 11.6 Å². The number of carbonyl (C=O) groups excluding carboxylic acids is 2. The fraction of sp³-hybridized carbons (Fsp3) is 0.467. The Morgan fingerprint density at radius 2 is 1.88 bits per heavy atom. The summed E-state index contributed by atoms with van der Waals surface area (Å²) in [5.74, 6) is -1.29. The van der Waals surface area contributed by atoms with Gasteiger partial charge in [0.2, 0.25) is 0 Å². The molecule has 0 spiro atoms. The fourth-order valence-corrected chi connectivity index (χ4v) is 2.72. The van der Waals surface area contributed by atoms with Gasteiger partial charge < -0.3 is 19.9 Å². The molecule has 9 nitrogen and oxygen atoms in total. The van der Waals surface area contributed by atoms with Crippen LogP contribution in [0.1, 0.15) is 32.6 Å². The number of ether oxygens (including phenoxy) is 3. The van der Waals surface area contributed by atoms with Crippen molar-refractivity contribution >= 4 is 34.4 Å². The molecule has 10 heteroatoms. The van der Waals surface area contributed by atoms with Crippen molar-refractivity contribution in [2.75, 3.05) is 5.73 Å². The summed E-state index contributed by atoms with van der Waals surface area (Å²) in [5, 5.41) is 0.0744. The van der Waals surface area contributed by atoms with E-state index in [0.717, 1.165) is 4.57 Å². The molecule has 4 atom stereocenters. The van der Waals surface area contributed by atoms with Crippen LogP contribution < -0.4 is 11.4 Å². The number of esters is 2. The number of anilines is 1. The third-order valence-electron chi connectivity index (χ3n) is 3.57. The van der Waals surface area contributed by atoms with Crippen molar-refractivity contribution in [3.8, 4) is 0 Å². The van der Waals surface area contributed by atoms with E-state index in [1.165, 1.54) is 20.0 Å². The Morgan fingerprint density at radius 1 is 1.32 bits per heavy atom. The minimum Gasteiger partial charge on any atom is -0.456 e. The maximum Gasteiger partial charge on any atom is 0.351 e. The Morgan fingerprint density at radius 3 is 2.40 bits per heavy atom. The van der Waals surface area contributed by atoms with E-state index in [2.05, 4.69) is 11.6 Å². The molecule has 1 aromatic rings. The van der Waals surface area contributed by atoms with Gasteiger partial charge in [-0.25, -0.2) is 4.79 Å². The molecule has 0 radical (unpaired) electrons. The monoisotopic (exact) mass is 371 g/mol. The molecule has 0 amide bonds. The van der Waals surface area contributed by atoms with Crippen molar-refractivity contribution in [1.29, 1.82) is 0 Å². The maximum atomic E-state index is 12.2. The molecule has 0 unspecified atom stereocenters. The summed E-state index contributed by atoms with van der Waals surface area (Å²) in [5.41, 5.74) is 5.15. The van der Waals surface area contributed by atoms with Crippen LogP contribution in [0.3, 0.4) is 0 Å². The molecule has 1 aliphatic rings. The number of hydrogen-bond acceptors (Lipinski definition) is 8. The molecule has 1 saturated heterocycles. The Labute approximate surface area is 148 Å². The van der Waals surface area contributed by atoms with Gasteiger partial charge in [-0.15, -0.1) is 0 Å². The second-order valence-electron chi connectivity index (χ2n) is 5.51. The van der Waals surface area contributed by atoms with E-state index in [4.69, 9.17) is 31.5 Å². The zero-order valence-electron chi connectivity index (χ0n) is 13.9. The number of halogens is 1.